The Morgan fingerprint density at radius 3 is 2.61 bits per heavy atom. The van der Waals surface area contributed by atoms with Crippen molar-refractivity contribution in [3.63, 3.8) is 0 Å². The van der Waals surface area contributed by atoms with Gasteiger partial charge in [0, 0.05) is 18.3 Å². The van der Waals surface area contributed by atoms with Gasteiger partial charge in [-0.15, -0.1) is 0 Å². The number of hydrogen-bond donors (Lipinski definition) is 0. The smallest absolute Gasteiger partial charge is 0.173 e. The summed E-state index contributed by atoms with van der Waals surface area (Å²) >= 11 is 0. The number of Topliss-reactive ketones (excluding diaryl/α,β-unsaturated/α-hetero) is 2. The molecule has 4 aliphatic carbocycles. The van der Waals surface area contributed by atoms with Crippen molar-refractivity contribution in [1.82, 2.24) is 0 Å². The molecule has 2 nitrogen and oxygen atoms in total. The van der Waals surface area contributed by atoms with Crippen LogP contribution in [0.25, 0.3) is 0 Å². The minimum atomic E-state index is -1.27. The minimum absolute atomic E-state index is 0.118. The van der Waals surface area contributed by atoms with Crippen molar-refractivity contribution >= 4 is 11.6 Å². The summed E-state index contributed by atoms with van der Waals surface area (Å²) in [5, 5.41) is 0. The highest BCUT2D eigenvalue weighted by Crippen LogP contribution is 2.66. The number of rotatable bonds is 0. The highest BCUT2D eigenvalue weighted by atomic mass is 19.1. The summed E-state index contributed by atoms with van der Waals surface area (Å²) in [6, 6.07) is 0. The summed E-state index contributed by atoms with van der Waals surface area (Å²) in [5.74, 6) is 1.57. The number of hydrogen-bond acceptors (Lipinski definition) is 2. The van der Waals surface area contributed by atoms with E-state index in [0.29, 0.717) is 42.8 Å². The molecule has 3 heteroatoms. The van der Waals surface area contributed by atoms with E-state index in [4.69, 9.17) is 0 Å². The third-order valence-electron chi connectivity index (χ3n) is 8.14. The van der Waals surface area contributed by atoms with Crippen LogP contribution in [0.4, 0.5) is 4.39 Å². The van der Waals surface area contributed by atoms with Crippen molar-refractivity contribution in [3.8, 4) is 0 Å². The zero-order valence-corrected chi connectivity index (χ0v) is 14.2. The van der Waals surface area contributed by atoms with Gasteiger partial charge in [0.2, 0.25) is 0 Å². The number of carbonyl (C=O) groups is 2. The number of halogens is 1. The van der Waals surface area contributed by atoms with Gasteiger partial charge in [0.25, 0.3) is 0 Å². The maximum atomic E-state index is 14.2. The number of carbonyl (C=O) groups excluding carboxylic acids is 2. The second-order valence-corrected chi connectivity index (χ2v) is 9.06. The number of ketones is 2. The second-order valence-electron chi connectivity index (χ2n) is 9.06. The molecule has 4 aliphatic rings. The van der Waals surface area contributed by atoms with E-state index >= 15 is 0 Å². The molecule has 0 aromatic carbocycles. The van der Waals surface area contributed by atoms with E-state index < -0.39 is 11.6 Å². The van der Waals surface area contributed by atoms with E-state index in [0.717, 1.165) is 25.7 Å². The molecule has 4 rings (SSSR count). The van der Waals surface area contributed by atoms with Gasteiger partial charge in [-0.1, -0.05) is 26.0 Å². The molecule has 0 amide bonds. The molecular formula is C20H27FO2. The zero-order chi connectivity index (χ0) is 16.6. The van der Waals surface area contributed by atoms with Crippen LogP contribution in [0.15, 0.2) is 12.2 Å². The SMILES string of the molecule is C=C1CC2C(CC[C@]3(C)C(=O)[C@H](F)CC23)[C@@]2(C)CCC(=O)CC12. The van der Waals surface area contributed by atoms with Gasteiger partial charge in [-0.25, -0.2) is 4.39 Å². The standard InChI is InChI=1S/C20H27FO2/c1-11-8-13-14(19(2)6-4-12(22)9-15(11)19)5-7-20(3)16(13)10-17(21)18(20)23/h13-17H,1,4-10H2,2-3H3/t13?,14?,15?,16?,17-,19-,20+/m1/s1. The Bertz CT molecular complexity index is 596. The topological polar surface area (TPSA) is 34.1 Å². The van der Waals surface area contributed by atoms with Crippen molar-refractivity contribution in [2.75, 3.05) is 0 Å². The lowest BCUT2D eigenvalue weighted by Gasteiger charge is -2.59. The van der Waals surface area contributed by atoms with Crippen molar-refractivity contribution in [1.29, 1.82) is 0 Å². The molecule has 0 heterocycles. The average molecular weight is 318 g/mol. The Morgan fingerprint density at radius 2 is 1.87 bits per heavy atom. The Labute approximate surface area is 137 Å². The molecule has 126 valence electrons. The number of alkyl halides is 1. The third kappa shape index (κ3) is 1.91. The first-order valence-electron chi connectivity index (χ1n) is 9.15. The number of fused-ring (bicyclic) bond motifs is 5. The molecule has 4 fully saturated rings. The molecule has 0 spiro atoms. The summed E-state index contributed by atoms with van der Waals surface area (Å²) in [4.78, 5) is 24.3. The highest BCUT2D eigenvalue weighted by Gasteiger charge is 2.63. The maximum Gasteiger partial charge on any atom is 0.173 e. The van der Waals surface area contributed by atoms with E-state index in [9.17, 15) is 14.0 Å². The van der Waals surface area contributed by atoms with Crippen LogP contribution in [-0.4, -0.2) is 17.7 Å². The minimum Gasteiger partial charge on any atom is -0.300 e. The van der Waals surface area contributed by atoms with Crippen LogP contribution >= 0.6 is 0 Å². The van der Waals surface area contributed by atoms with Crippen LogP contribution in [0, 0.1) is 34.5 Å². The molecule has 4 saturated carbocycles. The molecule has 0 saturated heterocycles. The van der Waals surface area contributed by atoms with Gasteiger partial charge < -0.3 is 0 Å². The Balaban J connectivity index is 1.71. The van der Waals surface area contributed by atoms with E-state index in [1.54, 1.807) is 0 Å². The molecule has 4 unspecified atom stereocenters. The van der Waals surface area contributed by atoms with Gasteiger partial charge in [0.15, 0.2) is 12.0 Å². The van der Waals surface area contributed by atoms with Crippen LogP contribution in [-0.2, 0) is 9.59 Å². The predicted octanol–water partition coefficient (Wildman–Crippen LogP) is 4.28. The van der Waals surface area contributed by atoms with Crippen LogP contribution in [0.3, 0.4) is 0 Å². The van der Waals surface area contributed by atoms with Crippen molar-refractivity contribution < 1.29 is 14.0 Å². The number of allylic oxidation sites excluding steroid dienone is 1. The Kier molecular flexibility index (Phi) is 3.22. The second kappa shape index (κ2) is 4.77. The quantitative estimate of drug-likeness (QED) is 0.625. The summed E-state index contributed by atoms with van der Waals surface area (Å²) in [7, 11) is 0. The monoisotopic (exact) mass is 318 g/mol. The maximum absolute atomic E-state index is 14.2. The van der Waals surface area contributed by atoms with Crippen LogP contribution in [0.2, 0.25) is 0 Å². The lowest BCUT2D eigenvalue weighted by atomic mass is 9.44. The molecule has 0 radical (unpaired) electrons. The van der Waals surface area contributed by atoms with Gasteiger partial charge in [0.05, 0.1) is 0 Å². The fourth-order valence-electron chi connectivity index (χ4n) is 6.78. The van der Waals surface area contributed by atoms with Crippen molar-refractivity contribution in [2.45, 2.75) is 65.0 Å². The van der Waals surface area contributed by atoms with Gasteiger partial charge in [-0.05, 0) is 61.2 Å². The Hall–Kier alpha value is -0.990. The van der Waals surface area contributed by atoms with E-state index in [1.807, 2.05) is 6.92 Å². The van der Waals surface area contributed by atoms with Gasteiger partial charge in [0.1, 0.15) is 5.78 Å². The van der Waals surface area contributed by atoms with Gasteiger partial charge in [-0.2, -0.15) is 0 Å². The van der Waals surface area contributed by atoms with E-state index in [1.165, 1.54) is 5.57 Å². The lowest BCUT2D eigenvalue weighted by molar-refractivity contribution is -0.140. The summed E-state index contributed by atoms with van der Waals surface area (Å²) < 4.78 is 14.2. The van der Waals surface area contributed by atoms with Crippen LogP contribution in [0.1, 0.15) is 58.8 Å². The van der Waals surface area contributed by atoms with Gasteiger partial charge in [-0.3, -0.25) is 9.59 Å². The molecule has 23 heavy (non-hydrogen) atoms. The molecule has 7 atom stereocenters. The Morgan fingerprint density at radius 1 is 1.13 bits per heavy atom. The summed E-state index contributed by atoms with van der Waals surface area (Å²) in [6.45, 7) is 8.64. The first kappa shape index (κ1) is 15.5. The molecular weight excluding hydrogens is 291 g/mol. The van der Waals surface area contributed by atoms with Crippen molar-refractivity contribution in [3.05, 3.63) is 12.2 Å². The molecule has 0 aromatic heterocycles. The van der Waals surface area contributed by atoms with Gasteiger partial charge >= 0.3 is 0 Å². The van der Waals surface area contributed by atoms with Crippen molar-refractivity contribution in [2.24, 2.45) is 34.5 Å². The van der Waals surface area contributed by atoms with Crippen LogP contribution < -0.4 is 0 Å². The largest absolute Gasteiger partial charge is 0.300 e. The molecule has 0 aliphatic heterocycles. The highest BCUT2D eigenvalue weighted by molar-refractivity contribution is 5.91. The molecule has 0 N–H and O–H groups in total. The van der Waals surface area contributed by atoms with E-state index in [-0.39, 0.29) is 17.1 Å². The molecule has 0 aromatic rings. The predicted molar refractivity (Wildman–Crippen MR) is 86.5 cm³/mol. The average Bonchev–Trinajstić information content (AvgIpc) is 2.73. The summed E-state index contributed by atoms with van der Waals surface area (Å²) in [5.41, 5.74) is 0.835. The summed E-state index contributed by atoms with van der Waals surface area (Å²) in [6.07, 6.45) is 4.11. The first-order chi connectivity index (χ1) is 10.8. The fraction of sp³-hybridized carbons (Fsp3) is 0.800. The molecule has 0 bridgehead atoms. The normalized spacial score (nSPS) is 52.8. The zero-order valence-electron chi connectivity index (χ0n) is 14.2. The third-order valence-corrected chi connectivity index (χ3v) is 8.14. The fourth-order valence-corrected chi connectivity index (χ4v) is 6.78. The first-order valence-corrected chi connectivity index (χ1v) is 9.15. The van der Waals surface area contributed by atoms with E-state index in [2.05, 4.69) is 13.5 Å². The van der Waals surface area contributed by atoms with Crippen LogP contribution in [0.5, 0.6) is 0 Å². The lowest BCUT2D eigenvalue weighted by Crippen LogP contribution is -2.54.